The Labute approximate surface area is 116 Å². The van der Waals surface area contributed by atoms with E-state index in [9.17, 15) is 4.79 Å². The lowest BCUT2D eigenvalue weighted by atomic mass is 10.3. The van der Waals surface area contributed by atoms with Crippen molar-refractivity contribution in [1.29, 1.82) is 0 Å². The molecule has 0 amide bonds. The van der Waals surface area contributed by atoms with Gasteiger partial charge in [-0.25, -0.2) is 0 Å². The predicted octanol–water partition coefficient (Wildman–Crippen LogP) is 0.705. The van der Waals surface area contributed by atoms with Crippen LogP contribution in [0.3, 0.4) is 0 Å². The lowest BCUT2D eigenvalue weighted by molar-refractivity contribution is -0.142. The third-order valence-corrected chi connectivity index (χ3v) is 2.63. The number of aromatic nitrogens is 4. The van der Waals surface area contributed by atoms with Gasteiger partial charge in [0.1, 0.15) is 0 Å². The maximum atomic E-state index is 11.2. The monoisotopic (exact) mass is 275 g/mol. The van der Waals surface area contributed by atoms with Crippen LogP contribution in [0.2, 0.25) is 0 Å². The Bertz CT molecular complexity index is 541. The van der Waals surface area contributed by atoms with Gasteiger partial charge in [-0.05, 0) is 29.5 Å². The normalized spacial score (nSPS) is 10.4. The van der Waals surface area contributed by atoms with Gasteiger partial charge < -0.3 is 10.1 Å². The van der Waals surface area contributed by atoms with Crippen molar-refractivity contribution >= 4 is 5.97 Å². The van der Waals surface area contributed by atoms with Gasteiger partial charge in [0, 0.05) is 6.54 Å². The molecule has 0 unspecified atom stereocenters. The van der Waals surface area contributed by atoms with Crippen molar-refractivity contribution in [3.63, 3.8) is 0 Å². The molecule has 1 aromatic carbocycles. The van der Waals surface area contributed by atoms with Gasteiger partial charge in [-0.2, -0.15) is 4.68 Å². The van der Waals surface area contributed by atoms with E-state index in [2.05, 4.69) is 20.8 Å². The van der Waals surface area contributed by atoms with Gasteiger partial charge in [0.25, 0.3) is 0 Å². The van der Waals surface area contributed by atoms with Crippen molar-refractivity contribution in [2.75, 3.05) is 13.2 Å². The minimum Gasteiger partial charge on any atom is -0.466 e. The molecule has 20 heavy (non-hydrogen) atoms. The summed E-state index contributed by atoms with van der Waals surface area (Å²) in [5, 5.41) is 14.7. The molecule has 106 valence electrons. The van der Waals surface area contributed by atoms with Crippen LogP contribution in [0, 0.1) is 0 Å². The van der Waals surface area contributed by atoms with E-state index in [1.54, 1.807) is 11.6 Å². The van der Waals surface area contributed by atoms with Gasteiger partial charge in [-0.15, -0.1) is 5.10 Å². The minimum absolute atomic E-state index is 0.206. The van der Waals surface area contributed by atoms with Crippen LogP contribution in [0.1, 0.15) is 19.2 Å². The molecule has 1 aromatic heterocycles. The Kier molecular flexibility index (Phi) is 5.19. The molecule has 2 aromatic rings. The van der Waals surface area contributed by atoms with Gasteiger partial charge >= 0.3 is 5.97 Å². The zero-order valence-corrected chi connectivity index (χ0v) is 11.3. The first kappa shape index (κ1) is 14.1. The van der Waals surface area contributed by atoms with E-state index in [1.165, 1.54) is 0 Å². The van der Waals surface area contributed by atoms with Gasteiger partial charge in [0.05, 0.1) is 25.3 Å². The second kappa shape index (κ2) is 7.34. The van der Waals surface area contributed by atoms with Crippen molar-refractivity contribution in [2.24, 2.45) is 0 Å². The number of carbonyl (C=O) groups is 1. The number of tetrazole rings is 1. The second-order valence-corrected chi connectivity index (χ2v) is 4.07. The maximum Gasteiger partial charge on any atom is 0.307 e. The summed E-state index contributed by atoms with van der Waals surface area (Å²) >= 11 is 0. The van der Waals surface area contributed by atoms with Gasteiger partial charge in [0.2, 0.25) is 0 Å². The Morgan fingerprint density at radius 1 is 1.35 bits per heavy atom. The van der Waals surface area contributed by atoms with Crippen LogP contribution in [0.25, 0.3) is 5.69 Å². The fourth-order valence-corrected chi connectivity index (χ4v) is 1.71. The Morgan fingerprint density at radius 3 is 2.90 bits per heavy atom. The molecular formula is C13H17N5O2. The topological polar surface area (TPSA) is 81.9 Å². The lowest BCUT2D eigenvalue weighted by Gasteiger charge is -2.06. The SMILES string of the molecule is CCOC(=O)CCNCc1nnnn1-c1ccccc1. The highest BCUT2D eigenvalue weighted by Crippen LogP contribution is 2.06. The highest BCUT2D eigenvalue weighted by atomic mass is 16.5. The molecule has 0 saturated heterocycles. The number of hydrogen-bond donors (Lipinski definition) is 1. The Hall–Kier alpha value is -2.28. The fraction of sp³-hybridized carbons (Fsp3) is 0.385. The number of rotatable bonds is 7. The molecule has 0 aliphatic carbocycles. The van der Waals surface area contributed by atoms with Crippen molar-refractivity contribution < 1.29 is 9.53 Å². The third-order valence-electron chi connectivity index (χ3n) is 2.63. The van der Waals surface area contributed by atoms with Crippen molar-refractivity contribution in [2.45, 2.75) is 19.9 Å². The number of nitrogens with zero attached hydrogens (tertiary/aromatic N) is 4. The molecule has 0 atom stereocenters. The number of hydrogen-bond acceptors (Lipinski definition) is 6. The summed E-state index contributed by atoms with van der Waals surface area (Å²) in [6, 6.07) is 9.64. The van der Waals surface area contributed by atoms with Crippen molar-refractivity contribution in [3.8, 4) is 5.69 Å². The zero-order valence-electron chi connectivity index (χ0n) is 11.3. The molecule has 0 aliphatic rings. The highest BCUT2D eigenvalue weighted by molar-refractivity contribution is 5.69. The van der Waals surface area contributed by atoms with Gasteiger partial charge in [-0.1, -0.05) is 18.2 Å². The molecule has 1 N–H and O–H groups in total. The smallest absolute Gasteiger partial charge is 0.307 e. The Balaban J connectivity index is 1.86. The summed E-state index contributed by atoms with van der Waals surface area (Å²) in [5.74, 6) is 0.489. The Morgan fingerprint density at radius 2 is 2.15 bits per heavy atom. The first-order valence-corrected chi connectivity index (χ1v) is 6.50. The molecule has 2 rings (SSSR count). The lowest BCUT2D eigenvalue weighted by Crippen LogP contribution is -2.21. The average molecular weight is 275 g/mol. The largest absolute Gasteiger partial charge is 0.466 e. The summed E-state index contributed by atoms with van der Waals surface area (Å²) in [7, 11) is 0. The van der Waals surface area contributed by atoms with Crippen LogP contribution in [-0.4, -0.2) is 39.3 Å². The number of para-hydroxylation sites is 1. The standard InChI is InChI=1S/C13H17N5O2/c1-2-20-13(19)8-9-14-10-12-15-16-17-18(12)11-6-4-3-5-7-11/h3-7,14H,2,8-10H2,1H3. The number of esters is 1. The number of benzene rings is 1. The van der Waals surface area contributed by atoms with E-state index in [0.717, 1.165) is 5.69 Å². The van der Waals surface area contributed by atoms with E-state index < -0.39 is 0 Å². The quantitative estimate of drug-likeness (QED) is 0.592. The van der Waals surface area contributed by atoms with E-state index in [4.69, 9.17) is 4.74 Å². The number of nitrogens with one attached hydrogen (secondary N) is 1. The van der Waals surface area contributed by atoms with Crippen LogP contribution in [-0.2, 0) is 16.1 Å². The van der Waals surface area contributed by atoms with Crippen LogP contribution in [0.5, 0.6) is 0 Å². The summed E-state index contributed by atoms with van der Waals surface area (Å²) in [5.41, 5.74) is 0.902. The molecule has 0 spiro atoms. The van der Waals surface area contributed by atoms with Gasteiger partial charge in [0.15, 0.2) is 5.82 Å². The van der Waals surface area contributed by atoms with E-state index in [-0.39, 0.29) is 5.97 Å². The molecule has 0 saturated carbocycles. The van der Waals surface area contributed by atoms with Crippen LogP contribution >= 0.6 is 0 Å². The number of carbonyl (C=O) groups excluding carboxylic acids is 1. The first-order chi connectivity index (χ1) is 9.81. The summed E-state index contributed by atoms with van der Waals surface area (Å²) in [6.45, 7) is 3.21. The van der Waals surface area contributed by atoms with Crippen LogP contribution in [0.4, 0.5) is 0 Å². The van der Waals surface area contributed by atoms with Gasteiger partial charge in [-0.3, -0.25) is 4.79 Å². The molecule has 7 heteroatoms. The zero-order chi connectivity index (χ0) is 14.2. The average Bonchev–Trinajstić information content (AvgIpc) is 2.93. The molecular weight excluding hydrogens is 258 g/mol. The second-order valence-electron chi connectivity index (χ2n) is 4.07. The summed E-state index contributed by atoms with van der Waals surface area (Å²) < 4.78 is 6.51. The molecule has 0 radical (unpaired) electrons. The highest BCUT2D eigenvalue weighted by Gasteiger charge is 2.07. The van der Waals surface area contributed by atoms with E-state index >= 15 is 0 Å². The molecule has 0 aliphatic heterocycles. The first-order valence-electron chi connectivity index (χ1n) is 6.50. The molecule has 0 bridgehead atoms. The maximum absolute atomic E-state index is 11.2. The molecule has 1 heterocycles. The van der Waals surface area contributed by atoms with E-state index in [0.29, 0.717) is 31.9 Å². The third kappa shape index (κ3) is 3.86. The van der Waals surface area contributed by atoms with Crippen molar-refractivity contribution in [3.05, 3.63) is 36.2 Å². The minimum atomic E-state index is -0.206. The fourth-order valence-electron chi connectivity index (χ4n) is 1.71. The summed E-state index contributed by atoms with van der Waals surface area (Å²) in [6.07, 6.45) is 0.334. The molecule has 7 nitrogen and oxygen atoms in total. The van der Waals surface area contributed by atoms with Crippen LogP contribution in [0.15, 0.2) is 30.3 Å². The molecule has 0 fully saturated rings. The van der Waals surface area contributed by atoms with E-state index in [1.807, 2.05) is 30.3 Å². The van der Waals surface area contributed by atoms with Crippen molar-refractivity contribution in [1.82, 2.24) is 25.5 Å². The predicted molar refractivity (Wildman–Crippen MR) is 72.1 cm³/mol. The summed E-state index contributed by atoms with van der Waals surface area (Å²) in [4.78, 5) is 11.2. The number of ether oxygens (including phenoxy) is 1. The van der Waals surface area contributed by atoms with Crippen LogP contribution < -0.4 is 5.32 Å².